The fourth-order valence-corrected chi connectivity index (χ4v) is 1.79. The Morgan fingerprint density at radius 2 is 2.25 bits per heavy atom. The maximum Gasteiger partial charge on any atom is 0.328 e. The topological polar surface area (TPSA) is 70.3 Å². The Bertz CT molecular complexity index is 559. The van der Waals surface area contributed by atoms with Crippen LogP contribution in [0, 0.1) is 16.7 Å². The van der Waals surface area contributed by atoms with Gasteiger partial charge in [0.2, 0.25) is 0 Å². The van der Waals surface area contributed by atoms with Crippen molar-refractivity contribution in [2.45, 2.75) is 20.3 Å². The lowest BCUT2D eigenvalue weighted by Crippen LogP contribution is -2.13. The molecule has 0 saturated carbocycles. The van der Waals surface area contributed by atoms with Gasteiger partial charge in [0.15, 0.2) is 0 Å². The van der Waals surface area contributed by atoms with Crippen LogP contribution in [0.2, 0.25) is 0 Å². The molecule has 0 fully saturated rings. The lowest BCUT2D eigenvalue weighted by atomic mass is 9.92. The summed E-state index contributed by atoms with van der Waals surface area (Å²) in [4.78, 5) is 10.6. The molecular formula is C15H16BrNO3. The van der Waals surface area contributed by atoms with E-state index in [1.54, 1.807) is 12.1 Å². The van der Waals surface area contributed by atoms with E-state index in [1.807, 2.05) is 19.9 Å². The summed E-state index contributed by atoms with van der Waals surface area (Å²) in [7, 11) is 0. The molecule has 1 rings (SSSR count). The zero-order valence-electron chi connectivity index (χ0n) is 11.4. The fourth-order valence-electron chi connectivity index (χ4n) is 1.41. The van der Waals surface area contributed by atoms with Crippen molar-refractivity contribution in [2.24, 2.45) is 5.41 Å². The third kappa shape index (κ3) is 5.45. The first kappa shape index (κ1) is 16.3. The minimum absolute atomic E-state index is 0.399. The van der Waals surface area contributed by atoms with Gasteiger partial charge >= 0.3 is 5.97 Å². The monoisotopic (exact) mass is 337 g/mol. The summed E-state index contributed by atoms with van der Waals surface area (Å²) in [6.07, 6.45) is 3.15. The molecule has 1 aromatic rings. The van der Waals surface area contributed by atoms with E-state index in [2.05, 4.69) is 22.0 Å². The first-order chi connectivity index (χ1) is 9.34. The van der Waals surface area contributed by atoms with Gasteiger partial charge in [-0.25, -0.2) is 4.79 Å². The lowest BCUT2D eigenvalue weighted by molar-refractivity contribution is -0.131. The van der Waals surface area contributed by atoms with E-state index in [-0.39, 0.29) is 0 Å². The van der Waals surface area contributed by atoms with Crippen LogP contribution in [-0.2, 0) is 4.79 Å². The predicted molar refractivity (Wildman–Crippen MR) is 80.3 cm³/mol. The molecule has 20 heavy (non-hydrogen) atoms. The van der Waals surface area contributed by atoms with Crippen molar-refractivity contribution >= 4 is 28.0 Å². The molecule has 0 unspecified atom stereocenters. The molecule has 0 aliphatic rings. The molecular weight excluding hydrogens is 322 g/mol. The van der Waals surface area contributed by atoms with Gasteiger partial charge < -0.3 is 9.84 Å². The molecule has 0 radical (unpaired) electrons. The highest BCUT2D eigenvalue weighted by atomic mass is 79.9. The number of benzene rings is 1. The van der Waals surface area contributed by atoms with Gasteiger partial charge in [-0.15, -0.1) is 0 Å². The van der Waals surface area contributed by atoms with Gasteiger partial charge in [-0.05, 0) is 44.5 Å². The second-order valence-corrected chi connectivity index (χ2v) is 5.86. The molecule has 0 aliphatic carbocycles. The highest BCUT2D eigenvalue weighted by Crippen LogP contribution is 2.26. The van der Waals surface area contributed by atoms with E-state index in [9.17, 15) is 4.79 Å². The van der Waals surface area contributed by atoms with Gasteiger partial charge in [-0.2, -0.15) is 5.26 Å². The summed E-state index contributed by atoms with van der Waals surface area (Å²) in [6, 6.07) is 7.59. The van der Waals surface area contributed by atoms with E-state index in [4.69, 9.17) is 15.1 Å². The van der Waals surface area contributed by atoms with Gasteiger partial charge in [0.05, 0.1) is 18.1 Å². The van der Waals surface area contributed by atoms with Crippen molar-refractivity contribution in [1.29, 1.82) is 5.26 Å². The van der Waals surface area contributed by atoms with Crippen molar-refractivity contribution in [3.05, 3.63) is 34.3 Å². The van der Waals surface area contributed by atoms with Crippen molar-refractivity contribution in [3.8, 4) is 11.8 Å². The molecule has 0 atom stereocenters. The van der Waals surface area contributed by atoms with Crippen LogP contribution in [0.4, 0.5) is 0 Å². The van der Waals surface area contributed by atoms with Crippen LogP contribution in [0.25, 0.3) is 6.08 Å². The quantitative estimate of drug-likeness (QED) is 0.800. The Balaban J connectivity index is 2.80. The minimum atomic E-state index is -1.01. The van der Waals surface area contributed by atoms with E-state index < -0.39 is 11.4 Å². The molecule has 0 aromatic heterocycles. The van der Waals surface area contributed by atoms with Gasteiger partial charge in [-0.3, -0.25) is 0 Å². The Morgan fingerprint density at radius 3 is 2.85 bits per heavy atom. The van der Waals surface area contributed by atoms with Crippen LogP contribution in [0.5, 0.6) is 5.75 Å². The van der Waals surface area contributed by atoms with Gasteiger partial charge in [-0.1, -0.05) is 15.9 Å². The number of ether oxygens (including phenoxy) is 1. The fraction of sp³-hybridized carbons (Fsp3) is 0.333. The van der Waals surface area contributed by atoms with Gasteiger partial charge in [0.1, 0.15) is 5.75 Å². The first-order valence-corrected chi connectivity index (χ1v) is 6.88. The zero-order chi connectivity index (χ0) is 15.2. The molecule has 1 aromatic carbocycles. The maximum absolute atomic E-state index is 10.6. The van der Waals surface area contributed by atoms with Crippen LogP contribution >= 0.6 is 15.9 Å². The highest BCUT2D eigenvalue weighted by Gasteiger charge is 2.16. The van der Waals surface area contributed by atoms with E-state index in [1.165, 1.54) is 6.08 Å². The number of rotatable bonds is 6. The molecule has 4 nitrogen and oxygen atoms in total. The zero-order valence-corrected chi connectivity index (χ0v) is 13.0. The third-order valence-electron chi connectivity index (χ3n) is 2.66. The SMILES string of the molecule is CC(C)(C#N)CCOc1ccc(Br)cc1C=CC(=O)O. The molecule has 0 amide bonds. The maximum atomic E-state index is 10.6. The highest BCUT2D eigenvalue weighted by molar-refractivity contribution is 9.10. The number of halogens is 1. The largest absolute Gasteiger partial charge is 0.493 e. The number of carboxylic acids is 1. The normalized spacial score (nSPS) is 11.3. The number of hydrogen-bond donors (Lipinski definition) is 1. The lowest BCUT2D eigenvalue weighted by Gasteiger charge is -2.16. The molecule has 0 saturated heterocycles. The Morgan fingerprint density at radius 1 is 1.55 bits per heavy atom. The molecule has 0 spiro atoms. The average Bonchev–Trinajstić information content (AvgIpc) is 2.38. The number of aliphatic carboxylic acids is 1. The van der Waals surface area contributed by atoms with Crippen LogP contribution in [0.1, 0.15) is 25.8 Å². The van der Waals surface area contributed by atoms with Gasteiger partial charge in [0, 0.05) is 16.1 Å². The Kier molecular flexibility index (Phi) is 5.78. The third-order valence-corrected chi connectivity index (χ3v) is 3.16. The molecule has 1 N–H and O–H groups in total. The van der Waals surface area contributed by atoms with Crippen molar-refractivity contribution in [2.75, 3.05) is 6.61 Å². The Labute approximate surface area is 126 Å². The molecule has 0 heterocycles. The minimum Gasteiger partial charge on any atom is -0.493 e. The molecule has 5 heteroatoms. The van der Waals surface area contributed by atoms with E-state index >= 15 is 0 Å². The summed E-state index contributed by atoms with van der Waals surface area (Å²) in [5.74, 6) is -0.416. The second kappa shape index (κ2) is 7.11. The van der Waals surface area contributed by atoms with E-state index in [0.717, 1.165) is 10.5 Å². The summed E-state index contributed by atoms with van der Waals surface area (Å²) in [5, 5.41) is 17.6. The van der Waals surface area contributed by atoms with Crippen molar-refractivity contribution < 1.29 is 14.6 Å². The first-order valence-electron chi connectivity index (χ1n) is 6.09. The number of hydrogen-bond acceptors (Lipinski definition) is 3. The molecule has 0 bridgehead atoms. The standard InChI is InChI=1S/C15H16BrNO3/c1-15(2,10-17)7-8-20-13-5-4-12(16)9-11(13)3-6-14(18)19/h3-6,9H,7-8H2,1-2H3,(H,18,19). The van der Waals surface area contributed by atoms with Gasteiger partial charge in [0.25, 0.3) is 0 Å². The summed E-state index contributed by atoms with van der Waals surface area (Å²) < 4.78 is 6.49. The summed E-state index contributed by atoms with van der Waals surface area (Å²) >= 11 is 3.33. The molecule has 0 aliphatic heterocycles. The van der Waals surface area contributed by atoms with Crippen molar-refractivity contribution in [1.82, 2.24) is 0 Å². The number of carbonyl (C=O) groups is 1. The van der Waals surface area contributed by atoms with Crippen LogP contribution < -0.4 is 4.74 Å². The number of nitriles is 1. The smallest absolute Gasteiger partial charge is 0.328 e. The van der Waals surface area contributed by atoms with Crippen molar-refractivity contribution in [3.63, 3.8) is 0 Å². The van der Waals surface area contributed by atoms with Crippen LogP contribution in [0.3, 0.4) is 0 Å². The predicted octanol–water partition coefficient (Wildman–Crippen LogP) is 3.87. The van der Waals surface area contributed by atoms with E-state index in [0.29, 0.717) is 24.3 Å². The Hall–Kier alpha value is -1.80. The van der Waals surface area contributed by atoms with Crippen LogP contribution in [0.15, 0.2) is 28.7 Å². The summed E-state index contributed by atoms with van der Waals surface area (Å²) in [5.41, 5.74) is 0.239. The van der Waals surface area contributed by atoms with Crippen LogP contribution in [-0.4, -0.2) is 17.7 Å². The number of carboxylic acid groups (broad SMARTS) is 1. The molecule has 106 valence electrons. The summed E-state index contributed by atoms with van der Waals surface area (Å²) in [6.45, 7) is 4.10. The number of nitrogens with zero attached hydrogens (tertiary/aromatic N) is 1. The average molecular weight is 338 g/mol. The second-order valence-electron chi connectivity index (χ2n) is 4.95.